The van der Waals surface area contributed by atoms with Gasteiger partial charge in [0.1, 0.15) is 16.9 Å². The van der Waals surface area contributed by atoms with E-state index in [0.29, 0.717) is 22.1 Å². The van der Waals surface area contributed by atoms with E-state index in [1.165, 1.54) is 0 Å². The summed E-state index contributed by atoms with van der Waals surface area (Å²) in [7, 11) is 0. The minimum absolute atomic E-state index is 0.0373. The molecule has 3 aromatic carbocycles. The first kappa shape index (κ1) is 17.8. The van der Waals surface area contributed by atoms with Crippen molar-refractivity contribution in [2.45, 2.75) is 0 Å². The zero-order chi connectivity index (χ0) is 20.5. The summed E-state index contributed by atoms with van der Waals surface area (Å²) in [4.78, 5) is 30.8. The molecule has 0 aliphatic heterocycles. The summed E-state index contributed by atoms with van der Waals surface area (Å²) < 4.78 is 8.01. The number of aromatic nitrogens is 2. The van der Waals surface area contributed by atoms with Gasteiger partial charge in [0, 0.05) is 29.6 Å². The maximum atomic E-state index is 13.4. The highest BCUT2D eigenvalue weighted by atomic mass is 16.3. The van der Waals surface area contributed by atoms with Crippen LogP contribution in [-0.2, 0) is 0 Å². The second kappa shape index (κ2) is 7.29. The van der Waals surface area contributed by atoms with Crippen molar-refractivity contribution in [1.82, 2.24) is 9.55 Å². The molecule has 144 valence electrons. The van der Waals surface area contributed by atoms with E-state index in [1.54, 1.807) is 55.0 Å². The molecule has 0 aliphatic carbocycles. The second-order valence-corrected chi connectivity index (χ2v) is 6.85. The smallest absolute Gasteiger partial charge is 0.204 e. The van der Waals surface area contributed by atoms with Crippen LogP contribution in [0.2, 0.25) is 0 Å². The van der Waals surface area contributed by atoms with E-state index in [2.05, 4.69) is 4.98 Å². The molecule has 5 rings (SSSR count). The minimum Gasteiger partial charge on any atom is -0.455 e. The number of carbonyl (C=O) groups is 1. The third kappa shape index (κ3) is 3.02. The highest BCUT2D eigenvalue weighted by molar-refractivity contribution is 6.13. The van der Waals surface area contributed by atoms with Gasteiger partial charge in [-0.3, -0.25) is 9.59 Å². The monoisotopic (exact) mass is 392 g/mol. The Kier molecular flexibility index (Phi) is 4.33. The molecule has 5 nitrogen and oxygen atoms in total. The fraction of sp³-hybridized carbons (Fsp3) is 0. The van der Waals surface area contributed by atoms with Crippen molar-refractivity contribution in [3.8, 4) is 17.0 Å². The van der Waals surface area contributed by atoms with Crippen molar-refractivity contribution >= 4 is 16.8 Å². The molecule has 2 heterocycles. The van der Waals surface area contributed by atoms with Crippen LogP contribution < -0.4 is 5.43 Å². The summed E-state index contributed by atoms with van der Waals surface area (Å²) in [5.74, 6) is -0.0893. The third-order valence-corrected chi connectivity index (χ3v) is 4.98. The number of hydrogen-bond acceptors (Lipinski definition) is 4. The number of imidazole rings is 1. The maximum Gasteiger partial charge on any atom is 0.204 e. The first-order chi connectivity index (χ1) is 14.7. The van der Waals surface area contributed by atoms with Gasteiger partial charge in [0.2, 0.25) is 11.2 Å². The predicted molar refractivity (Wildman–Crippen MR) is 115 cm³/mol. The van der Waals surface area contributed by atoms with Gasteiger partial charge < -0.3 is 8.98 Å². The van der Waals surface area contributed by atoms with Crippen LogP contribution in [0.1, 0.15) is 15.9 Å². The SMILES string of the molecule is O=C(c1ccccc1)c1c(-c2ccccc2)oc2cc(-n3ccnc3)ccc2c1=O. The van der Waals surface area contributed by atoms with E-state index in [9.17, 15) is 9.59 Å². The Balaban J connectivity index is 1.80. The van der Waals surface area contributed by atoms with Crippen molar-refractivity contribution < 1.29 is 9.21 Å². The fourth-order valence-electron chi connectivity index (χ4n) is 3.49. The summed E-state index contributed by atoms with van der Waals surface area (Å²) in [5.41, 5.74) is 2.02. The summed E-state index contributed by atoms with van der Waals surface area (Å²) in [5, 5.41) is 0.359. The average Bonchev–Trinajstić information content (AvgIpc) is 3.34. The molecule has 5 aromatic rings. The number of ketones is 1. The highest BCUT2D eigenvalue weighted by Gasteiger charge is 2.23. The highest BCUT2D eigenvalue weighted by Crippen LogP contribution is 2.28. The van der Waals surface area contributed by atoms with Gasteiger partial charge >= 0.3 is 0 Å². The van der Waals surface area contributed by atoms with E-state index < -0.39 is 0 Å². The molecule has 0 unspecified atom stereocenters. The fourth-order valence-corrected chi connectivity index (χ4v) is 3.49. The molecule has 0 N–H and O–H groups in total. The van der Waals surface area contributed by atoms with Gasteiger partial charge in [0.25, 0.3) is 0 Å². The molecule has 30 heavy (non-hydrogen) atoms. The van der Waals surface area contributed by atoms with Gasteiger partial charge in [-0.15, -0.1) is 0 Å². The lowest BCUT2D eigenvalue weighted by molar-refractivity contribution is 0.103. The van der Waals surface area contributed by atoms with E-state index >= 15 is 0 Å². The number of fused-ring (bicyclic) bond motifs is 1. The van der Waals surface area contributed by atoms with E-state index in [4.69, 9.17) is 4.42 Å². The van der Waals surface area contributed by atoms with Crippen molar-refractivity contribution in [2.24, 2.45) is 0 Å². The molecular weight excluding hydrogens is 376 g/mol. The quantitative estimate of drug-likeness (QED) is 0.409. The summed E-state index contributed by atoms with van der Waals surface area (Å²) in [6.07, 6.45) is 5.16. The second-order valence-electron chi connectivity index (χ2n) is 6.85. The van der Waals surface area contributed by atoms with Crippen LogP contribution >= 0.6 is 0 Å². The number of hydrogen-bond donors (Lipinski definition) is 0. The predicted octanol–water partition coefficient (Wildman–Crippen LogP) is 4.88. The molecule has 0 aliphatic rings. The van der Waals surface area contributed by atoms with E-state index in [1.807, 2.05) is 47.2 Å². The molecule has 0 amide bonds. The van der Waals surface area contributed by atoms with Crippen molar-refractivity contribution in [1.29, 1.82) is 0 Å². The summed E-state index contributed by atoms with van der Waals surface area (Å²) in [6, 6.07) is 23.3. The molecule has 0 saturated carbocycles. The third-order valence-electron chi connectivity index (χ3n) is 4.98. The number of nitrogens with zero attached hydrogens (tertiary/aromatic N) is 2. The summed E-state index contributed by atoms with van der Waals surface area (Å²) >= 11 is 0. The number of rotatable bonds is 4. The van der Waals surface area contributed by atoms with Crippen molar-refractivity contribution in [3.05, 3.63) is 119 Å². The molecule has 0 atom stereocenters. The van der Waals surface area contributed by atoms with Gasteiger partial charge in [0.05, 0.1) is 17.4 Å². The maximum absolute atomic E-state index is 13.4. The Morgan fingerprint density at radius 3 is 2.33 bits per heavy atom. The normalized spacial score (nSPS) is 10.9. The van der Waals surface area contributed by atoms with Gasteiger partial charge in [-0.05, 0) is 12.1 Å². The van der Waals surface area contributed by atoms with Gasteiger partial charge in [-0.2, -0.15) is 0 Å². The van der Waals surface area contributed by atoms with E-state index in [0.717, 1.165) is 5.69 Å². The van der Waals surface area contributed by atoms with Crippen LogP contribution in [0.4, 0.5) is 0 Å². The van der Waals surface area contributed by atoms with Gasteiger partial charge in [-0.25, -0.2) is 4.98 Å². The lowest BCUT2D eigenvalue weighted by Crippen LogP contribution is -2.18. The Morgan fingerprint density at radius 1 is 0.900 bits per heavy atom. The molecule has 0 spiro atoms. The molecule has 0 saturated heterocycles. The minimum atomic E-state index is -0.358. The van der Waals surface area contributed by atoms with Gasteiger partial charge in [-0.1, -0.05) is 60.7 Å². The molecule has 0 radical (unpaired) electrons. The lowest BCUT2D eigenvalue weighted by Gasteiger charge is -2.11. The van der Waals surface area contributed by atoms with Crippen molar-refractivity contribution in [2.75, 3.05) is 0 Å². The Hall–Kier alpha value is -4.25. The first-order valence-electron chi connectivity index (χ1n) is 9.47. The number of carbonyl (C=O) groups excluding carboxylic acids is 1. The zero-order valence-electron chi connectivity index (χ0n) is 15.9. The Labute approximate surface area is 171 Å². The first-order valence-corrected chi connectivity index (χ1v) is 9.47. The zero-order valence-corrected chi connectivity index (χ0v) is 15.9. The summed E-state index contributed by atoms with van der Waals surface area (Å²) in [6.45, 7) is 0. The lowest BCUT2D eigenvalue weighted by atomic mass is 9.97. The van der Waals surface area contributed by atoms with Crippen molar-refractivity contribution in [3.63, 3.8) is 0 Å². The Morgan fingerprint density at radius 2 is 1.63 bits per heavy atom. The molecular formula is C25H16N2O3. The van der Waals surface area contributed by atoms with Crippen LogP contribution in [0.15, 0.2) is 107 Å². The van der Waals surface area contributed by atoms with Crippen LogP contribution in [-0.4, -0.2) is 15.3 Å². The van der Waals surface area contributed by atoms with Crippen LogP contribution in [0.5, 0.6) is 0 Å². The Bertz CT molecular complexity index is 1400. The van der Waals surface area contributed by atoms with Gasteiger partial charge in [0.15, 0.2) is 0 Å². The molecule has 0 fully saturated rings. The molecule has 5 heteroatoms. The molecule has 0 bridgehead atoms. The number of benzene rings is 3. The van der Waals surface area contributed by atoms with Crippen LogP contribution in [0, 0.1) is 0 Å². The topological polar surface area (TPSA) is 65.1 Å². The van der Waals surface area contributed by atoms with Crippen LogP contribution in [0.3, 0.4) is 0 Å². The van der Waals surface area contributed by atoms with Crippen LogP contribution in [0.25, 0.3) is 28.0 Å². The molecule has 2 aromatic heterocycles. The van der Waals surface area contributed by atoms with E-state index in [-0.39, 0.29) is 22.5 Å². The standard InChI is InChI=1S/C25H16N2O3/c28-23(17-7-3-1-4-8-17)22-24(29)20-12-11-19(27-14-13-26-16-27)15-21(20)30-25(22)18-9-5-2-6-10-18/h1-16H. The average molecular weight is 392 g/mol. The largest absolute Gasteiger partial charge is 0.455 e.